The van der Waals surface area contributed by atoms with Crippen molar-refractivity contribution < 1.29 is 28.6 Å². The van der Waals surface area contributed by atoms with Crippen molar-refractivity contribution in [2.45, 2.75) is 38.8 Å². The summed E-state index contributed by atoms with van der Waals surface area (Å²) >= 11 is 0. The van der Waals surface area contributed by atoms with Gasteiger partial charge in [0.2, 0.25) is 0 Å². The third-order valence-electron chi connectivity index (χ3n) is 7.59. The van der Waals surface area contributed by atoms with Gasteiger partial charge in [0.25, 0.3) is 0 Å². The number of esters is 2. The van der Waals surface area contributed by atoms with Crippen molar-refractivity contribution in [3.8, 4) is 5.75 Å². The van der Waals surface area contributed by atoms with E-state index in [-0.39, 0.29) is 18.6 Å². The second-order valence-corrected chi connectivity index (χ2v) is 10.6. The summed E-state index contributed by atoms with van der Waals surface area (Å²) in [6, 6.07) is 20.0. The standard InChI is InChI=1S/C33H37N3O6/c1-3-41-30-20-29(32(38)40-2)28(24-9-10-24)19-26(30)21-35-15-17-36(18-16-35)33(39)34-27-13-11-25(12-14-27)31(37)42-22-23-7-5-4-6-8-23/h4-8,11-14,19-20,24H,3,9-10,15-18,21-22H2,1-2H3,(H,34,39). The fourth-order valence-electron chi connectivity index (χ4n) is 5.12. The second kappa shape index (κ2) is 13.5. The average Bonchev–Trinajstić information content (AvgIpc) is 3.87. The average molecular weight is 572 g/mol. The summed E-state index contributed by atoms with van der Waals surface area (Å²) in [5, 5.41) is 2.93. The van der Waals surface area contributed by atoms with E-state index in [0.717, 1.165) is 29.5 Å². The maximum absolute atomic E-state index is 12.9. The summed E-state index contributed by atoms with van der Waals surface area (Å²) in [5.41, 5.74) is 4.63. The Labute approximate surface area is 246 Å². The van der Waals surface area contributed by atoms with Crippen LogP contribution in [0, 0.1) is 0 Å². The predicted molar refractivity (Wildman–Crippen MR) is 159 cm³/mol. The minimum absolute atomic E-state index is 0.178. The van der Waals surface area contributed by atoms with Crippen LogP contribution in [0.2, 0.25) is 0 Å². The SMILES string of the molecule is CCOc1cc(C(=O)OC)c(C2CC2)cc1CN1CCN(C(=O)Nc2ccc(C(=O)OCc3ccccc3)cc2)CC1. The highest BCUT2D eigenvalue weighted by Gasteiger charge is 2.31. The fraction of sp³-hybridized carbons (Fsp3) is 0.364. The van der Waals surface area contributed by atoms with Gasteiger partial charge in [0.1, 0.15) is 12.4 Å². The molecule has 5 rings (SSSR count). The number of carbonyl (C=O) groups excluding carboxylic acids is 3. The monoisotopic (exact) mass is 571 g/mol. The van der Waals surface area contributed by atoms with Gasteiger partial charge in [-0.15, -0.1) is 0 Å². The Morgan fingerprint density at radius 2 is 1.62 bits per heavy atom. The van der Waals surface area contributed by atoms with Crippen molar-refractivity contribution >= 4 is 23.7 Å². The molecule has 1 aliphatic carbocycles. The lowest BCUT2D eigenvalue weighted by molar-refractivity contribution is 0.0472. The maximum atomic E-state index is 12.9. The fourth-order valence-corrected chi connectivity index (χ4v) is 5.12. The maximum Gasteiger partial charge on any atom is 0.338 e. The molecule has 3 aromatic carbocycles. The number of urea groups is 1. The van der Waals surface area contributed by atoms with Gasteiger partial charge in [0, 0.05) is 44.0 Å². The first-order valence-electron chi connectivity index (χ1n) is 14.4. The van der Waals surface area contributed by atoms with Gasteiger partial charge >= 0.3 is 18.0 Å². The zero-order chi connectivity index (χ0) is 29.5. The minimum atomic E-state index is -0.412. The molecule has 2 aliphatic rings. The van der Waals surface area contributed by atoms with E-state index in [4.69, 9.17) is 14.2 Å². The van der Waals surface area contributed by atoms with Gasteiger partial charge in [-0.05, 0) is 73.2 Å². The van der Waals surface area contributed by atoms with Crippen molar-refractivity contribution in [2.75, 3.05) is 45.2 Å². The van der Waals surface area contributed by atoms with Crippen LogP contribution in [0.5, 0.6) is 5.75 Å². The molecule has 1 N–H and O–H groups in total. The molecule has 42 heavy (non-hydrogen) atoms. The molecule has 0 atom stereocenters. The van der Waals surface area contributed by atoms with Crippen molar-refractivity contribution in [2.24, 2.45) is 0 Å². The van der Waals surface area contributed by atoms with Crippen LogP contribution in [0.25, 0.3) is 0 Å². The first kappa shape index (κ1) is 29.1. The van der Waals surface area contributed by atoms with Gasteiger partial charge in [-0.25, -0.2) is 14.4 Å². The molecule has 9 heteroatoms. The van der Waals surface area contributed by atoms with Crippen LogP contribution in [-0.4, -0.2) is 67.7 Å². The number of piperazine rings is 1. The number of nitrogens with zero attached hydrogens (tertiary/aromatic N) is 2. The smallest absolute Gasteiger partial charge is 0.338 e. The number of benzene rings is 3. The molecule has 0 unspecified atom stereocenters. The Kier molecular flexibility index (Phi) is 9.38. The molecule has 0 radical (unpaired) electrons. The van der Waals surface area contributed by atoms with Crippen LogP contribution >= 0.6 is 0 Å². The molecule has 1 saturated carbocycles. The van der Waals surface area contributed by atoms with Gasteiger partial charge in [0.15, 0.2) is 0 Å². The lowest BCUT2D eigenvalue weighted by atomic mass is 9.98. The first-order chi connectivity index (χ1) is 20.4. The molecule has 9 nitrogen and oxygen atoms in total. The first-order valence-corrected chi connectivity index (χ1v) is 14.4. The Hall–Kier alpha value is -4.37. The molecule has 220 valence electrons. The molecular formula is C33H37N3O6. The van der Waals surface area contributed by atoms with Crippen LogP contribution in [-0.2, 0) is 22.6 Å². The van der Waals surface area contributed by atoms with E-state index in [1.54, 1.807) is 29.2 Å². The van der Waals surface area contributed by atoms with Gasteiger partial charge in [-0.1, -0.05) is 30.3 Å². The van der Waals surface area contributed by atoms with E-state index in [0.29, 0.717) is 67.8 Å². The molecule has 1 aliphatic heterocycles. The van der Waals surface area contributed by atoms with Gasteiger partial charge < -0.3 is 24.4 Å². The lowest BCUT2D eigenvalue weighted by Crippen LogP contribution is -2.49. The van der Waals surface area contributed by atoms with E-state index < -0.39 is 5.97 Å². The Morgan fingerprint density at radius 1 is 0.905 bits per heavy atom. The van der Waals surface area contributed by atoms with Crippen LogP contribution in [0.3, 0.4) is 0 Å². The van der Waals surface area contributed by atoms with E-state index in [1.807, 2.05) is 43.3 Å². The Morgan fingerprint density at radius 3 is 2.26 bits per heavy atom. The molecule has 0 aromatic heterocycles. The van der Waals surface area contributed by atoms with Crippen LogP contribution in [0.4, 0.5) is 10.5 Å². The topological polar surface area (TPSA) is 97.4 Å². The van der Waals surface area contributed by atoms with Crippen LogP contribution < -0.4 is 10.1 Å². The number of methoxy groups -OCH3 is 1. The van der Waals surface area contributed by atoms with Crippen molar-refractivity contribution in [3.63, 3.8) is 0 Å². The molecule has 0 spiro atoms. The second-order valence-electron chi connectivity index (χ2n) is 10.6. The third-order valence-corrected chi connectivity index (χ3v) is 7.59. The number of ether oxygens (including phenoxy) is 3. The number of nitrogens with one attached hydrogen (secondary N) is 1. The van der Waals surface area contributed by atoms with Crippen molar-refractivity contribution in [1.29, 1.82) is 0 Å². The number of anilines is 1. The summed E-state index contributed by atoms with van der Waals surface area (Å²) in [7, 11) is 1.40. The van der Waals surface area contributed by atoms with E-state index >= 15 is 0 Å². The van der Waals surface area contributed by atoms with Crippen molar-refractivity contribution in [3.05, 3.63) is 94.5 Å². The van der Waals surface area contributed by atoms with Gasteiger partial charge in [-0.2, -0.15) is 0 Å². The summed E-state index contributed by atoms with van der Waals surface area (Å²) in [5.74, 6) is 0.351. The minimum Gasteiger partial charge on any atom is -0.494 e. The zero-order valence-electron chi connectivity index (χ0n) is 24.1. The number of amides is 2. The Balaban J connectivity index is 1.13. The number of rotatable bonds is 10. The highest BCUT2D eigenvalue weighted by Crippen LogP contribution is 2.44. The van der Waals surface area contributed by atoms with E-state index in [2.05, 4.69) is 16.3 Å². The molecule has 2 amide bonds. The lowest BCUT2D eigenvalue weighted by Gasteiger charge is -2.35. The summed E-state index contributed by atoms with van der Waals surface area (Å²) in [6.45, 7) is 5.89. The van der Waals surface area contributed by atoms with E-state index in [9.17, 15) is 14.4 Å². The summed E-state index contributed by atoms with van der Waals surface area (Å²) in [4.78, 5) is 41.8. The highest BCUT2D eigenvalue weighted by molar-refractivity contribution is 5.93. The normalized spacial score (nSPS) is 15.1. The number of carbonyl (C=O) groups is 3. The molecule has 1 saturated heterocycles. The van der Waals surface area contributed by atoms with E-state index in [1.165, 1.54) is 7.11 Å². The molecule has 2 fully saturated rings. The quantitative estimate of drug-likeness (QED) is 0.323. The van der Waals surface area contributed by atoms with Crippen LogP contribution in [0.1, 0.15) is 63.1 Å². The molecular weight excluding hydrogens is 534 g/mol. The van der Waals surface area contributed by atoms with Gasteiger partial charge in [0.05, 0.1) is 24.8 Å². The number of hydrogen-bond donors (Lipinski definition) is 1. The molecule has 3 aromatic rings. The molecule has 0 bridgehead atoms. The number of hydrogen-bond acceptors (Lipinski definition) is 7. The molecule has 1 heterocycles. The summed E-state index contributed by atoms with van der Waals surface area (Å²) < 4.78 is 16.3. The highest BCUT2D eigenvalue weighted by atomic mass is 16.5. The van der Waals surface area contributed by atoms with Crippen molar-refractivity contribution in [1.82, 2.24) is 9.80 Å². The largest absolute Gasteiger partial charge is 0.494 e. The predicted octanol–water partition coefficient (Wildman–Crippen LogP) is 5.46. The summed E-state index contributed by atoms with van der Waals surface area (Å²) in [6.07, 6.45) is 2.15. The van der Waals surface area contributed by atoms with Crippen LogP contribution in [0.15, 0.2) is 66.7 Å². The third kappa shape index (κ3) is 7.28. The van der Waals surface area contributed by atoms with Gasteiger partial charge in [-0.3, -0.25) is 4.90 Å². The zero-order valence-corrected chi connectivity index (χ0v) is 24.1. The Bertz CT molecular complexity index is 1400.